The number of nitriles is 1. The van der Waals surface area contributed by atoms with E-state index in [1.54, 1.807) is 36.3 Å². The molecular formula is C31H29N7O4S. The highest BCUT2D eigenvalue weighted by Gasteiger charge is 2.33. The van der Waals surface area contributed by atoms with E-state index < -0.39 is 6.03 Å². The van der Waals surface area contributed by atoms with Gasteiger partial charge < -0.3 is 14.8 Å². The topological polar surface area (TPSA) is 135 Å². The minimum absolute atomic E-state index is 0.0182. The van der Waals surface area contributed by atoms with Gasteiger partial charge >= 0.3 is 6.03 Å². The van der Waals surface area contributed by atoms with Gasteiger partial charge in [-0.2, -0.15) is 10.3 Å². The molecule has 3 amide bonds. The molecule has 1 atom stereocenters. The van der Waals surface area contributed by atoms with Crippen molar-refractivity contribution in [3.8, 4) is 28.9 Å². The van der Waals surface area contributed by atoms with Crippen LogP contribution >= 0.6 is 11.8 Å². The Labute approximate surface area is 253 Å². The number of anilines is 2. The van der Waals surface area contributed by atoms with Crippen LogP contribution in [-0.2, 0) is 9.53 Å². The van der Waals surface area contributed by atoms with Crippen molar-refractivity contribution >= 4 is 40.2 Å². The quantitative estimate of drug-likeness (QED) is 0.269. The molecule has 1 aromatic heterocycles. The summed E-state index contributed by atoms with van der Waals surface area (Å²) in [5.41, 5.74) is 5.41. The minimum atomic E-state index is -0.586. The Kier molecular flexibility index (Phi) is 8.85. The fourth-order valence-electron chi connectivity index (χ4n) is 4.50. The van der Waals surface area contributed by atoms with Gasteiger partial charge in [-0.1, -0.05) is 23.9 Å². The van der Waals surface area contributed by atoms with Crippen molar-refractivity contribution in [3.63, 3.8) is 0 Å². The van der Waals surface area contributed by atoms with Gasteiger partial charge in [0.1, 0.15) is 18.1 Å². The summed E-state index contributed by atoms with van der Waals surface area (Å²) in [6.07, 6.45) is 1.36. The maximum Gasteiger partial charge on any atom is 0.347 e. The van der Waals surface area contributed by atoms with Crippen LogP contribution in [0.1, 0.15) is 29.7 Å². The number of urea groups is 1. The van der Waals surface area contributed by atoms with E-state index >= 15 is 0 Å². The largest absolute Gasteiger partial charge is 0.479 e. The van der Waals surface area contributed by atoms with Gasteiger partial charge in [-0.3, -0.25) is 9.69 Å². The van der Waals surface area contributed by atoms with Crippen LogP contribution in [0.25, 0.3) is 17.1 Å². The summed E-state index contributed by atoms with van der Waals surface area (Å²) in [6.45, 7) is 5.70. The lowest BCUT2D eigenvalue weighted by Gasteiger charge is -2.23. The maximum atomic E-state index is 13.0. The van der Waals surface area contributed by atoms with Crippen molar-refractivity contribution in [2.75, 3.05) is 29.7 Å². The molecule has 11 nitrogen and oxygen atoms in total. The number of carbonyl (C=O) groups is 2. The number of thioether (sulfide) groups is 1. The monoisotopic (exact) mass is 595 g/mol. The van der Waals surface area contributed by atoms with Crippen LogP contribution < -0.4 is 15.0 Å². The number of hydrogen-bond donors (Lipinski definition) is 1. The third-order valence-electron chi connectivity index (χ3n) is 6.80. The Morgan fingerprint density at radius 1 is 1.16 bits per heavy atom. The van der Waals surface area contributed by atoms with Crippen LogP contribution in [0.5, 0.6) is 5.75 Å². The lowest BCUT2D eigenvalue weighted by atomic mass is 10.0. The number of aliphatic imine (C=N–C) groups is 1. The average Bonchev–Trinajstić information content (AvgIpc) is 3.64. The fraction of sp³-hybridized carbons (Fsp3) is 0.226. The Bertz CT molecular complexity index is 1740. The van der Waals surface area contributed by atoms with Crippen molar-refractivity contribution in [1.82, 2.24) is 14.8 Å². The van der Waals surface area contributed by atoms with E-state index in [0.717, 1.165) is 27.9 Å². The second-order valence-corrected chi connectivity index (χ2v) is 10.7. The van der Waals surface area contributed by atoms with E-state index in [4.69, 9.17) is 14.7 Å². The smallest absolute Gasteiger partial charge is 0.347 e. The SMILES string of the molecule is COC(C)c1ccc(C)cc1N1C(=O)CS/C1=N\C(=O)Nc1ccc(-c2ncn(-c3ccc(OCC#N)cc3)n2)cc1C. The summed E-state index contributed by atoms with van der Waals surface area (Å²) in [5.74, 6) is 1.15. The highest BCUT2D eigenvalue weighted by molar-refractivity contribution is 8.15. The highest BCUT2D eigenvalue weighted by Crippen LogP contribution is 2.35. The summed E-state index contributed by atoms with van der Waals surface area (Å²) in [6, 6.07) is 19.8. The molecule has 0 radical (unpaired) electrons. The van der Waals surface area contributed by atoms with Gasteiger partial charge in [-0.25, -0.2) is 14.5 Å². The number of carbonyl (C=O) groups excluding carboxylic acids is 2. The zero-order chi connectivity index (χ0) is 30.5. The first-order valence-electron chi connectivity index (χ1n) is 13.4. The Hall–Kier alpha value is -4.99. The third kappa shape index (κ3) is 6.58. The van der Waals surface area contributed by atoms with Gasteiger partial charge in [-0.05, 0) is 80.4 Å². The van der Waals surface area contributed by atoms with Crippen LogP contribution in [-0.4, -0.2) is 51.3 Å². The molecule has 0 bridgehead atoms. The first-order chi connectivity index (χ1) is 20.8. The van der Waals surface area contributed by atoms with Crippen LogP contribution in [0, 0.1) is 25.2 Å². The normalized spacial score (nSPS) is 14.5. The molecule has 43 heavy (non-hydrogen) atoms. The van der Waals surface area contributed by atoms with Crippen LogP contribution in [0.2, 0.25) is 0 Å². The molecule has 218 valence electrons. The van der Waals surface area contributed by atoms with Gasteiger partial charge in [-0.15, -0.1) is 5.10 Å². The van der Waals surface area contributed by atoms with Crippen molar-refractivity contribution < 1.29 is 19.1 Å². The van der Waals surface area contributed by atoms with Crippen molar-refractivity contribution in [2.45, 2.75) is 26.9 Å². The second-order valence-electron chi connectivity index (χ2n) is 9.77. The summed E-state index contributed by atoms with van der Waals surface area (Å²) in [7, 11) is 1.61. The molecule has 0 aliphatic carbocycles. The number of nitrogens with one attached hydrogen (secondary N) is 1. The molecule has 2 heterocycles. The molecule has 1 unspecified atom stereocenters. The molecule has 1 saturated heterocycles. The first-order valence-corrected chi connectivity index (χ1v) is 14.4. The zero-order valence-electron chi connectivity index (χ0n) is 24.1. The molecule has 1 aliphatic rings. The second kappa shape index (κ2) is 12.9. The summed E-state index contributed by atoms with van der Waals surface area (Å²) in [4.78, 5) is 36.1. The molecule has 12 heteroatoms. The number of ether oxygens (including phenoxy) is 2. The Balaban J connectivity index is 1.31. The maximum absolute atomic E-state index is 13.0. The summed E-state index contributed by atoms with van der Waals surface area (Å²) < 4.78 is 12.5. The predicted octanol–water partition coefficient (Wildman–Crippen LogP) is 5.83. The average molecular weight is 596 g/mol. The minimum Gasteiger partial charge on any atom is -0.479 e. The summed E-state index contributed by atoms with van der Waals surface area (Å²) >= 11 is 1.22. The number of aromatic nitrogens is 3. The Morgan fingerprint density at radius 3 is 2.67 bits per heavy atom. The molecule has 0 spiro atoms. The van der Waals surface area contributed by atoms with Crippen molar-refractivity contribution in [3.05, 3.63) is 83.7 Å². The standard InChI is InChI=1S/C31H29N7O4S/c1-19-5-11-25(21(3)41-4)27(15-19)38-28(39)17-43-31(38)35-30(40)34-26-12-6-22(16-20(26)2)29-33-18-37(36-29)23-7-9-24(10-8-23)42-14-13-32/h5-12,15-16,18,21H,14,17H2,1-4H3,(H,34,40)/b35-31-. The predicted molar refractivity (Wildman–Crippen MR) is 166 cm³/mol. The van der Waals surface area contributed by atoms with Crippen molar-refractivity contribution in [2.24, 2.45) is 4.99 Å². The molecule has 5 rings (SSSR count). The number of amides is 3. The van der Waals surface area contributed by atoms with Crippen LogP contribution in [0.4, 0.5) is 16.2 Å². The van der Waals surface area contributed by atoms with E-state index in [9.17, 15) is 9.59 Å². The molecule has 1 aliphatic heterocycles. The number of nitrogens with zero attached hydrogens (tertiary/aromatic N) is 6. The molecule has 3 aromatic carbocycles. The number of benzene rings is 3. The number of amidine groups is 1. The van der Waals surface area contributed by atoms with Gasteiger partial charge in [0.25, 0.3) is 0 Å². The van der Waals surface area contributed by atoms with Crippen LogP contribution in [0.15, 0.2) is 72.0 Å². The third-order valence-corrected chi connectivity index (χ3v) is 7.73. The molecular weight excluding hydrogens is 566 g/mol. The molecule has 4 aromatic rings. The lowest BCUT2D eigenvalue weighted by Crippen LogP contribution is -2.31. The molecule has 0 saturated carbocycles. The van der Waals surface area contributed by atoms with Crippen LogP contribution in [0.3, 0.4) is 0 Å². The van der Waals surface area contributed by atoms with Gasteiger partial charge in [0.05, 0.1) is 23.2 Å². The van der Waals surface area contributed by atoms with E-state index in [2.05, 4.69) is 20.4 Å². The first kappa shape index (κ1) is 29.5. The van der Waals surface area contributed by atoms with Gasteiger partial charge in [0, 0.05) is 23.9 Å². The van der Waals surface area contributed by atoms with E-state index in [-0.39, 0.29) is 24.4 Å². The molecule has 1 fully saturated rings. The molecule has 1 N–H and O–H groups in total. The van der Waals surface area contributed by atoms with Gasteiger partial charge in [0.15, 0.2) is 17.6 Å². The van der Waals surface area contributed by atoms with E-state index in [1.807, 2.05) is 69.3 Å². The van der Waals surface area contributed by atoms with Crippen molar-refractivity contribution in [1.29, 1.82) is 5.26 Å². The zero-order valence-corrected chi connectivity index (χ0v) is 24.9. The number of hydrogen-bond acceptors (Lipinski definition) is 8. The van der Waals surface area contributed by atoms with E-state index in [0.29, 0.717) is 28.1 Å². The lowest BCUT2D eigenvalue weighted by molar-refractivity contribution is -0.115. The Morgan fingerprint density at radius 2 is 1.95 bits per heavy atom. The number of rotatable bonds is 8. The van der Waals surface area contributed by atoms with E-state index in [1.165, 1.54) is 16.7 Å². The highest BCUT2D eigenvalue weighted by atomic mass is 32.2. The fourth-order valence-corrected chi connectivity index (χ4v) is 5.36. The number of aryl methyl sites for hydroxylation is 2. The number of methoxy groups -OCH3 is 1. The summed E-state index contributed by atoms with van der Waals surface area (Å²) in [5, 5.41) is 16.4. The van der Waals surface area contributed by atoms with Gasteiger partial charge in [0.2, 0.25) is 5.91 Å².